The summed E-state index contributed by atoms with van der Waals surface area (Å²) in [7, 11) is 0. The van der Waals surface area contributed by atoms with Gasteiger partial charge in [0, 0.05) is 11.1 Å². The van der Waals surface area contributed by atoms with Crippen molar-refractivity contribution in [3.8, 4) is 0 Å². The molecule has 0 unspecified atom stereocenters. The van der Waals surface area contributed by atoms with Gasteiger partial charge in [-0.25, -0.2) is 26.3 Å². The van der Waals surface area contributed by atoms with Gasteiger partial charge in [-0.05, 0) is 54.5 Å². The topological polar surface area (TPSA) is 0 Å². The van der Waals surface area contributed by atoms with Crippen molar-refractivity contribution in [2.45, 2.75) is 38.5 Å². The van der Waals surface area contributed by atoms with Crippen LogP contribution in [0, 0.1) is 29.2 Å². The van der Waals surface area contributed by atoms with Crippen molar-refractivity contribution in [3.63, 3.8) is 0 Å². The number of benzene rings is 2. The first-order valence-corrected chi connectivity index (χ1v) is 8.78. The van der Waals surface area contributed by atoms with Crippen LogP contribution in [0.3, 0.4) is 0 Å². The second-order valence-electron chi connectivity index (χ2n) is 7.08. The molecule has 2 aromatic carbocycles. The Hall–Kier alpha value is -2.24. The van der Waals surface area contributed by atoms with Gasteiger partial charge in [-0.2, -0.15) is 0 Å². The molecular weight excluding hydrogens is 366 g/mol. The van der Waals surface area contributed by atoms with E-state index < -0.39 is 46.0 Å². The highest BCUT2D eigenvalue weighted by atomic mass is 19.2. The van der Waals surface area contributed by atoms with Crippen molar-refractivity contribution in [1.29, 1.82) is 0 Å². The van der Waals surface area contributed by atoms with Crippen molar-refractivity contribution in [1.82, 2.24) is 0 Å². The molecule has 0 aromatic heterocycles. The quantitative estimate of drug-likeness (QED) is 0.296. The van der Waals surface area contributed by atoms with E-state index in [1.807, 2.05) is 0 Å². The van der Waals surface area contributed by atoms with E-state index in [2.05, 4.69) is 6.92 Å². The van der Waals surface area contributed by atoms with E-state index in [0.717, 1.165) is 37.3 Å². The van der Waals surface area contributed by atoms with Crippen LogP contribution < -0.4 is 0 Å². The number of rotatable bonds is 3. The zero-order chi connectivity index (χ0) is 19.7. The maximum atomic E-state index is 14.4. The number of hydrogen-bond donors (Lipinski definition) is 0. The van der Waals surface area contributed by atoms with Crippen molar-refractivity contribution in [2.75, 3.05) is 0 Å². The average Bonchev–Trinajstić information content (AvgIpc) is 2.65. The van der Waals surface area contributed by atoms with Crippen LogP contribution >= 0.6 is 0 Å². The van der Waals surface area contributed by atoms with Gasteiger partial charge in [0.05, 0.1) is 0 Å². The maximum absolute atomic E-state index is 14.4. The molecule has 0 nitrogen and oxygen atoms in total. The maximum Gasteiger partial charge on any atom is 0.194 e. The van der Waals surface area contributed by atoms with Gasteiger partial charge in [0.1, 0.15) is 5.82 Å². The summed E-state index contributed by atoms with van der Waals surface area (Å²) in [5.74, 6) is -8.53. The summed E-state index contributed by atoms with van der Waals surface area (Å²) in [4.78, 5) is 0. The third-order valence-corrected chi connectivity index (χ3v) is 5.15. The molecule has 0 atom stereocenters. The van der Waals surface area contributed by atoms with Gasteiger partial charge >= 0.3 is 0 Å². The lowest BCUT2D eigenvalue weighted by molar-refractivity contribution is 0.347. The molecule has 0 bridgehead atoms. The summed E-state index contributed by atoms with van der Waals surface area (Å²) in [6, 6.07) is 4.48. The Balaban J connectivity index is 1.92. The molecule has 1 aliphatic rings. The minimum absolute atomic E-state index is 0.168. The molecule has 0 radical (unpaired) electrons. The van der Waals surface area contributed by atoms with Crippen molar-refractivity contribution < 1.29 is 26.3 Å². The Morgan fingerprint density at radius 3 is 1.93 bits per heavy atom. The highest BCUT2D eigenvalue weighted by Crippen LogP contribution is 2.37. The molecule has 0 amide bonds. The van der Waals surface area contributed by atoms with Gasteiger partial charge in [0.25, 0.3) is 0 Å². The summed E-state index contributed by atoms with van der Waals surface area (Å²) >= 11 is 0. The van der Waals surface area contributed by atoms with Crippen LogP contribution in [0.5, 0.6) is 0 Å². The van der Waals surface area contributed by atoms with Crippen LogP contribution in [0.4, 0.5) is 26.3 Å². The monoisotopic (exact) mass is 384 g/mol. The number of hydrogen-bond acceptors (Lipinski definition) is 0. The van der Waals surface area contributed by atoms with Gasteiger partial charge in [-0.1, -0.05) is 25.8 Å². The van der Waals surface area contributed by atoms with Crippen LogP contribution in [-0.2, 0) is 0 Å². The predicted molar refractivity (Wildman–Crippen MR) is 92.1 cm³/mol. The van der Waals surface area contributed by atoms with Gasteiger partial charge < -0.3 is 0 Å². The Morgan fingerprint density at radius 2 is 1.37 bits per heavy atom. The van der Waals surface area contributed by atoms with Gasteiger partial charge in [-0.15, -0.1) is 0 Å². The average molecular weight is 384 g/mol. The van der Waals surface area contributed by atoms with Crippen molar-refractivity contribution in [2.24, 2.45) is 5.92 Å². The van der Waals surface area contributed by atoms with Crippen LogP contribution in [0.15, 0.2) is 30.3 Å². The molecule has 1 fully saturated rings. The molecule has 3 rings (SSSR count). The molecular formula is C21H18F6. The third-order valence-electron chi connectivity index (χ3n) is 5.15. The molecule has 6 heteroatoms. The Morgan fingerprint density at radius 1 is 0.778 bits per heavy atom. The summed E-state index contributed by atoms with van der Waals surface area (Å²) < 4.78 is 82.5. The van der Waals surface area contributed by atoms with Crippen molar-refractivity contribution >= 4 is 11.7 Å². The molecule has 0 N–H and O–H groups in total. The Kier molecular flexibility index (Phi) is 5.63. The molecule has 0 spiro atoms. The fourth-order valence-corrected chi connectivity index (χ4v) is 3.48. The second kappa shape index (κ2) is 7.79. The fraction of sp³-hybridized carbons (Fsp3) is 0.333. The molecule has 0 aliphatic heterocycles. The zero-order valence-electron chi connectivity index (χ0n) is 14.6. The third kappa shape index (κ3) is 4.04. The predicted octanol–water partition coefficient (Wildman–Crippen LogP) is 7.30. The summed E-state index contributed by atoms with van der Waals surface area (Å²) in [5.41, 5.74) is -0.769. The first kappa shape index (κ1) is 19.5. The number of halogens is 6. The summed E-state index contributed by atoms with van der Waals surface area (Å²) in [6.07, 6.45) is 3.86. The second-order valence-corrected chi connectivity index (χ2v) is 7.08. The van der Waals surface area contributed by atoms with E-state index in [4.69, 9.17) is 0 Å². The minimum Gasteiger partial charge on any atom is -0.206 e. The van der Waals surface area contributed by atoms with Gasteiger partial charge in [0.2, 0.25) is 0 Å². The van der Waals surface area contributed by atoms with Crippen molar-refractivity contribution in [3.05, 3.63) is 70.3 Å². The van der Waals surface area contributed by atoms with E-state index in [1.54, 1.807) is 0 Å². The van der Waals surface area contributed by atoms with Crippen LogP contribution in [0.25, 0.3) is 11.7 Å². The SMILES string of the molecule is CC1CCC(c2ccc(/C(F)=C(\F)c3cc(F)c(F)c(F)c3)c(F)c2)CC1. The molecule has 1 saturated carbocycles. The van der Waals surface area contributed by atoms with Gasteiger partial charge in [0.15, 0.2) is 29.1 Å². The molecule has 0 saturated heterocycles. The van der Waals surface area contributed by atoms with E-state index in [0.29, 0.717) is 18.1 Å². The van der Waals surface area contributed by atoms with Crippen LogP contribution in [-0.4, -0.2) is 0 Å². The lowest BCUT2D eigenvalue weighted by Gasteiger charge is -2.26. The van der Waals surface area contributed by atoms with E-state index in [9.17, 15) is 26.3 Å². The van der Waals surface area contributed by atoms with Crippen LogP contribution in [0.1, 0.15) is 55.2 Å². The van der Waals surface area contributed by atoms with Gasteiger partial charge in [-0.3, -0.25) is 0 Å². The highest BCUT2D eigenvalue weighted by molar-refractivity contribution is 5.83. The minimum atomic E-state index is -1.79. The lowest BCUT2D eigenvalue weighted by Crippen LogP contribution is -2.11. The highest BCUT2D eigenvalue weighted by Gasteiger charge is 2.23. The van der Waals surface area contributed by atoms with E-state index in [1.165, 1.54) is 12.1 Å². The summed E-state index contributed by atoms with van der Waals surface area (Å²) in [5, 5.41) is 0. The lowest BCUT2D eigenvalue weighted by atomic mass is 9.79. The molecule has 1 aliphatic carbocycles. The van der Waals surface area contributed by atoms with E-state index >= 15 is 0 Å². The molecule has 144 valence electrons. The van der Waals surface area contributed by atoms with E-state index in [-0.39, 0.29) is 5.92 Å². The first-order valence-electron chi connectivity index (χ1n) is 8.78. The Bertz CT molecular complexity index is 855. The zero-order valence-corrected chi connectivity index (χ0v) is 14.6. The Labute approximate surface area is 153 Å². The fourth-order valence-electron chi connectivity index (χ4n) is 3.48. The summed E-state index contributed by atoms with van der Waals surface area (Å²) in [6.45, 7) is 2.16. The molecule has 27 heavy (non-hydrogen) atoms. The first-order chi connectivity index (χ1) is 12.8. The normalized spacial score (nSPS) is 21.1. The van der Waals surface area contributed by atoms with Crippen LogP contribution in [0.2, 0.25) is 0 Å². The molecule has 0 heterocycles. The standard InChI is InChI=1S/C21H18F6/c1-11-2-4-12(5-3-11)13-6-7-15(16(22)8-13)20(26)19(25)14-9-17(23)21(27)18(24)10-14/h6-12H,2-5H2,1H3/b20-19+. The largest absolute Gasteiger partial charge is 0.206 e. The smallest absolute Gasteiger partial charge is 0.194 e. The molecule has 2 aromatic rings.